The molecule has 0 saturated carbocycles. The summed E-state index contributed by atoms with van der Waals surface area (Å²) in [7, 11) is -3.42. The summed E-state index contributed by atoms with van der Waals surface area (Å²) in [5.41, 5.74) is 1.75. The quantitative estimate of drug-likeness (QED) is 0.860. The molecule has 0 amide bonds. The van der Waals surface area contributed by atoms with Gasteiger partial charge in [-0.3, -0.25) is 0 Å². The minimum absolute atomic E-state index is 0.00498. The molecule has 1 aliphatic carbocycles. The first-order valence-corrected chi connectivity index (χ1v) is 9.16. The topological polar surface area (TPSA) is 64.6 Å². The van der Waals surface area contributed by atoms with Crippen molar-refractivity contribution in [2.24, 2.45) is 0 Å². The molecule has 0 bridgehead atoms. The van der Waals surface area contributed by atoms with E-state index in [0.717, 1.165) is 17.5 Å². The summed E-state index contributed by atoms with van der Waals surface area (Å²) in [6, 6.07) is 4.24. The van der Waals surface area contributed by atoms with Crippen molar-refractivity contribution in [3.63, 3.8) is 0 Å². The zero-order valence-corrected chi connectivity index (χ0v) is 13.1. The Kier molecular flexibility index (Phi) is 4.77. The van der Waals surface area contributed by atoms with Gasteiger partial charge >= 0.3 is 0 Å². The zero-order valence-electron chi connectivity index (χ0n) is 12.3. The fraction of sp³-hybridized carbons (Fsp3) is 0.600. The number of halogens is 1. The van der Waals surface area contributed by atoms with Crippen LogP contribution in [0.15, 0.2) is 18.2 Å². The van der Waals surface area contributed by atoms with Crippen molar-refractivity contribution in [1.29, 1.82) is 0 Å². The molecule has 1 aromatic carbocycles. The normalized spacial score (nSPS) is 24.6. The highest BCUT2D eigenvalue weighted by Crippen LogP contribution is 2.32. The van der Waals surface area contributed by atoms with Crippen LogP contribution < -0.4 is 4.72 Å². The summed E-state index contributed by atoms with van der Waals surface area (Å²) in [4.78, 5) is 0. The number of nitrogens with one attached hydrogen (secondary N) is 1. The van der Waals surface area contributed by atoms with Gasteiger partial charge in [-0.1, -0.05) is 6.07 Å². The van der Waals surface area contributed by atoms with E-state index in [9.17, 15) is 12.8 Å². The van der Waals surface area contributed by atoms with E-state index in [-0.39, 0.29) is 30.3 Å². The van der Waals surface area contributed by atoms with E-state index in [1.165, 1.54) is 12.1 Å². The molecular weight excluding hydrogens is 309 g/mol. The second-order valence-corrected chi connectivity index (χ2v) is 7.60. The predicted molar refractivity (Wildman–Crippen MR) is 79.6 cm³/mol. The summed E-state index contributed by atoms with van der Waals surface area (Å²) in [6.07, 6.45) is 2.17. The molecule has 1 N–H and O–H groups in total. The Labute approximate surface area is 129 Å². The highest BCUT2D eigenvalue weighted by atomic mass is 32.2. The van der Waals surface area contributed by atoms with Crippen LogP contribution in [0.2, 0.25) is 0 Å². The van der Waals surface area contributed by atoms with E-state index >= 15 is 0 Å². The fourth-order valence-corrected chi connectivity index (χ4v) is 4.06. The molecule has 5 nitrogen and oxygen atoms in total. The van der Waals surface area contributed by atoms with Gasteiger partial charge in [0.1, 0.15) is 5.82 Å². The van der Waals surface area contributed by atoms with Crippen LogP contribution in [-0.2, 0) is 25.9 Å². The fourth-order valence-electron chi connectivity index (χ4n) is 2.95. The monoisotopic (exact) mass is 329 g/mol. The third-order valence-electron chi connectivity index (χ3n) is 4.10. The number of aryl methyl sites for hydroxylation is 1. The molecule has 1 aliphatic heterocycles. The van der Waals surface area contributed by atoms with Crippen LogP contribution in [0.5, 0.6) is 0 Å². The van der Waals surface area contributed by atoms with Gasteiger partial charge in [0.25, 0.3) is 0 Å². The van der Waals surface area contributed by atoms with E-state index < -0.39 is 10.0 Å². The van der Waals surface area contributed by atoms with Crippen LogP contribution in [0.4, 0.5) is 4.39 Å². The molecule has 0 aromatic heterocycles. The first kappa shape index (κ1) is 15.9. The van der Waals surface area contributed by atoms with Gasteiger partial charge in [0.15, 0.2) is 0 Å². The highest BCUT2D eigenvalue weighted by Gasteiger charge is 2.27. The molecule has 1 heterocycles. The number of fused-ring (bicyclic) bond motifs is 1. The third-order valence-corrected chi connectivity index (χ3v) is 5.45. The number of rotatable bonds is 6. The number of sulfonamides is 1. The molecule has 3 rings (SSSR count). The molecule has 22 heavy (non-hydrogen) atoms. The second kappa shape index (κ2) is 6.62. The zero-order chi connectivity index (χ0) is 15.6. The SMILES string of the molecule is O=S(=O)(CCOC1CCOC1)NC1CCc2cc(F)ccc21. The Morgan fingerprint density at radius 2 is 2.23 bits per heavy atom. The standard InChI is InChI=1S/C15H20FNO4S/c16-12-2-3-14-11(9-12)1-4-15(14)17-22(18,19)8-7-21-13-5-6-20-10-13/h2-3,9,13,15,17H,1,4-8,10H2. The van der Waals surface area contributed by atoms with Crippen molar-refractivity contribution < 1.29 is 22.3 Å². The lowest BCUT2D eigenvalue weighted by Crippen LogP contribution is -2.32. The maximum Gasteiger partial charge on any atom is 0.214 e. The minimum atomic E-state index is -3.42. The Morgan fingerprint density at radius 3 is 3.00 bits per heavy atom. The van der Waals surface area contributed by atoms with Crippen LogP contribution in [0.25, 0.3) is 0 Å². The number of hydrogen-bond donors (Lipinski definition) is 1. The summed E-state index contributed by atoms with van der Waals surface area (Å²) < 4.78 is 50.8. The minimum Gasteiger partial charge on any atom is -0.379 e. The van der Waals surface area contributed by atoms with E-state index in [1.54, 1.807) is 6.07 Å². The Balaban J connectivity index is 1.54. The Bertz CT molecular complexity index is 628. The summed E-state index contributed by atoms with van der Waals surface area (Å²) >= 11 is 0. The van der Waals surface area contributed by atoms with Crippen molar-refractivity contribution in [2.45, 2.75) is 31.4 Å². The van der Waals surface area contributed by atoms with Crippen molar-refractivity contribution >= 4 is 10.0 Å². The van der Waals surface area contributed by atoms with Crippen molar-refractivity contribution in [2.75, 3.05) is 25.6 Å². The molecule has 1 fully saturated rings. The van der Waals surface area contributed by atoms with Crippen LogP contribution in [0.3, 0.4) is 0 Å². The van der Waals surface area contributed by atoms with Crippen molar-refractivity contribution in [3.8, 4) is 0 Å². The van der Waals surface area contributed by atoms with Gasteiger partial charge in [0.05, 0.1) is 25.1 Å². The van der Waals surface area contributed by atoms with E-state index in [0.29, 0.717) is 26.1 Å². The Morgan fingerprint density at radius 1 is 1.36 bits per heavy atom. The predicted octanol–water partition coefficient (Wildman–Crippen LogP) is 1.54. The lowest BCUT2D eigenvalue weighted by atomic mass is 10.1. The molecule has 7 heteroatoms. The molecule has 1 aromatic rings. The van der Waals surface area contributed by atoms with Crippen LogP contribution in [0, 0.1) is 5.82 Å². The first-order valence-electron chi connectivity index (χ1n) is 7.51. The van der Waals surface area contributed by atoms with Gasteiger partial charge in [-0.05, 0) is 42.5 Å². The molecule has 2 unspecified atom stereocenters. The molecule has 2 atom stereocenters. The summed E-state index contributed by atoms with van der Waals surface area (Å²) in [5.74, 6) is -0.356. The van der Waals surface area contributed by atoms with Crippen molar-refractivity contribution in [1.82, 2.24) is 4.72 Å². The third kappa shape index (κ3) is 3.84. The molecule has 1 saturated heterocycles. The molecule has 122 valence electrons. The molecular formula is C15H20FNO4S. The highest BCUT2D eigenvalue weighted by molar-refractivity contribution is 7.89. The maximum absolute atomic E-state index is 13.2. The summed E-state index contributed by atoms with van der Waals surface area (Å²) in [5, 5.41) is 0. The summed E-state index contributed by atoms with van der Waals surface area (Å²) in [6.45, 7) is 1.37. The van der Waals surface area contributed by atoms with E-state index in [1.807, 2.05) is 0 Å². The molecule has 0 radical (unpaired) electrons. The van der Waals surface area contributed by atoms with Gasteiger partial charge in [-0.25, -0.2) is 17.5 Å². The van der Waals surface area contributed by atoms with Gasteiger partial charge in [-0.15, -0.1) is 0 Å². The van der Waals surface area contributed by atoms with E-state index in [2.05, 4.69) is 4.72 Å². The molecule has 0 spiro atoms. The lowest BCUT2D eigenvalue weighted by Gasteiger charge is -2.15. The Hall–Kier alpha value is -1.02. The first-order chi connectivity index (χ1) is 10.5. The van der Waals surface area contributed by atoms with Gasteiger partial charge < -0.3 is 9.47 Å². The van der Waals surface area contributed by atoms with Gasteiger partial charge in [-0.2, -0.15) is 0 Å². The largest absolute Gasteiger partial charge is 0.379 e. The number of benzene rings is 1. The van der Waals surface area contributed by atoms with Crippen LogP contribution in [-0.4, -0.2) is 40.1 Å². The van der Waals surface area contributed by atoms with E-state index in [4.69, 9.17) is 9.47 Å². The lowest BCUT2D eigenvalue weighted by molar-refractivity contribution is 0.0519. The van der Waals surface area contributed by atoms with Gasteiger partial charge in [0.2, 0.25) is 10.0 Å². The number of hydrogen-bond acceptors (Lipinski definition) is 4. The van der Waals surface area contributed by atoms with Crippen LogP contribution >= 0.6 is 0 Å². The average Bonchev–Trinajstić information content (AvgIpc) is 3.08. The van der Waals surface area contributed by atoms with Crippen LogP contribution in [0.1, 0.15) is 30.0 Å². The molecule has 2 aliphatic rings. The maximum atomic E-state index is 13.2. The second-order valence-electron chi connectivity index (χ2n) is 5.73. The van der Waals surface area contributed by atoms with Crippen molar-refractivity contribution in [3.05, 3.63) is 35.1 Å². The number of ether oxygens (including phenoxy) is 2. The smallest absolute Gasteiger partial charge is 0.214 e. The van der Waals surface area contributed by atoms with Gasteiger partial charge in [0, 0.05) is 12.6 Å². The average molecular weight is 329 g/mol.